The Morgan fingerprint density at radius 1 is 1.39 bits per heavy atom. The Hall–Kier alpha value is -2.54. The number of nitrogens with one attached hydrogen (secondary N) is 1. The topological polar surface area (TPSA) is 85.9 Å². The van der Waals surface area contributed by atoms with Crippen LogP contribution in [0.5, 0.6) is 11.6 Å². The number of rotatable bonds is 4. The summed E-state index contributed by atoms with van der Waals surface area (Å²) in [5.41, 5.74) is 2.73. The Balaban J connectivity index is 1.90. The number of nitrogens with zero attached hydrogens (tertiary/aromatic N) is 3. The van der Waals surface area contributed by atoms with Gasteiger partial charge in [0.05, 0.1) is 10.7 Å². The molecule has 8 heteroatoms. The Kier molecular flexibility index (Phi) is 3.96. The lowest BCUT2D eigenvalue weighted by molar-refractivity contribution is 0.382. The molecule has 0 unspecified atom stereocenters. The van der Waals surface area contributed by atoms with Gasteiger partial charge in [0.15, 0.2) is 5.82 Å². The fourth-order valence-electron chi connectivity index (χ4n) is 2.26. The van der Waals surface area contributed by atoms with Gasteiger partial charge in [-0.15, -0.1) is 0 Å². The molecule has 3 aromatic rings. The summed E-state index contributed by atoms with van der Waals surface area (Å²) in [6.45, 7) is 3.86. The van der Waals surface area contributed by atoms with Crippen LogP contribution in [0.2, 0.25) is 5.02 Å². The van der Waals surface area contributed by atoms with Crippen molar-refractivity contribution in [2.45, 2.75) is 20.3 Å². The zero-order valence-electron chi connectivity index (χ0n) is 12.9. The van der Waals surface area contributed by atoms with Gasteiger partial charge in [0.2, 0.25) is 5.88 Å². The van der Waals surface area contributed by atoms with Crippen LogP contribution in [0.1, 0.15) is 22.6 Å². The number of ether oxygens (including phenoxy) is 1. The molecule has 0 aliphatic heterocycles. The van der Waals surface area contributed by atoms with Crippen LogP contribution in [0.4, 0.5) is 0 Å². The van der Waals surface area contributed by atoms with Gasteiger partial charge in [0.1, 0.15) is 5.75 Å². The Morgan fingerprint density at radius 3 is 2.78 bits per heavy atom. The molecular formula is C15H15ClN4O3. The van der Waals surface area contributed by atoms with E-state index in [1.807, 2.05) is 27.0 Å². The molecule has 120 valence electrons. The van der Waals surface area contributed by atoms with E-state index in [-0.39, 0.29) is 0 Å². The summed E-state index contributed by atoms with van der Waals surface area (Å²) in [4.78, 5) is 13.5. The van der Waals surface area contributed by atoms with Gasteiger partial charge in [-0.25, -0.2) is 9.48 Å². The second-order valence-electron chi connectivity index (χ2n) is 5.22. The molecule has 2 aromatic heterocycles. The number of hydrogen-bond acceptors (Lipinski definition) is 5. The van der Waals surface area contributed by atoms with E-state index in [9.17, 15) is 4.79 Å². The smallest absolute Gasteiger partial charge is 0.437 e. The van der Waals surface area contributed by atoms with Crippen molar-refractivity contribution >= 4 is 11.6 Å². The van der Waals surface area contributed by atoms with Crippen LogP contribution < -0.4 is 10.5 Å². The molecule has 0 fully saturated rings. The number of hydrogen-bond donors (Lipinski definition) is 1. The van der Waals surface area contributed by atoms with Crippen LogP contribution in [0, 0.1) is 13.8 Å². The second kappa shape index (κ2) is 5.92. The van der Waals surface area contributed by atoms with Crippen molar-refractivity contribution in [3.05, 3.63) is 56.4 Å². The molecule has 0 saturated carbocycles. The van der Waals surface area contributed by atoms with Gasteiger partial charge in [-0.3, -0.25) is 9.51 Å². The minimum absolute atomic E-state index is 0.405. The van der Waals surface area contributed by atoms with E-state index in [4.69, 9.17) is 16.3 Å². The van der Waals surface area contributed by atoms with Gasteiger partial charge in [-0.05, 0) is 31.5 Å². The Bertz CT molecular complexity index is 910. The van der Waals surface area contributed by atoms with E-state index in [0.29, 0.717) is 28.9 Å². The summed E-state index contributed by atoms with van der Waals surface area (Å²) in [5.74, 6) is 1.01. The Labute approximate surface area is 136 Å². The normalized spacial score (nSPS) is 11.0. The standard InChI is InChI=1S/C15H15ClN4O3/c1-8-9(2)18-20(3)14(8)22-12-6-10(4-5-11(12)16)7-13-17-15(21)23-19-13/h4-6H,7H2,1-3H3,(H,17,19,21). The molecule has 0 atom stereocenters. The van der Waals surface area contributed by atoms with Gasteiger partial charge < -0.3 is 4.74 Å². The van der Waals surface area contributed by atoms with E-state index in [1.165, 1.54) is 0 Å². The monoisotopic (exact) mass is 334 g/mol. The highest BCUT2D eigenvalue weighted by Gasteiger charge is 2.14. The number of halogens is 1. The van der Waals surface area contributed by atoms with Gasteiger partial charge in [-0.1, -0.05) is 22.8 Å². The molecule has 0 aliphatic rings. The molecule has 1 aromatic carbocycles. The third-order valence-electron chi connectivity index (χ3n) is 3.52. The quantitative estimate of drug-likeness (QED) is 0.792. The van der Waals surface area contributed by atoms with E-state index >= 15 is 0 Å². The highest BCUT2D eigenvalue weighted by molar-refractivity contribution is 6.32. The largest absolute Gasteiger partial charge is 0.438 e. The summed E-state index contributed by atoms with van der Waals surface area (Å²) >= 11 is 6.22. The fraction of sp³-hybridized carbons (Fsp3) is 0.267. The Morgan fingerprint density at radius 2 is 2.17 bits per heavy atom. The predicted molar refractivity (Wildman–Crippen MR) is 84.1 cm³/mol. The molecule has 2 heterocycles. The average Bonchev–Trinajstić information content (AvgIpc) is 3.01. The molecule has 23 heavy (non-hydrogen) atoms. The zero-order valence-corrected chi connectivity index (χ0v) is 13.6. The number of H-pyrrole nitrogens is 1. The van der Waals surface area contributed by atoms with E-state index < -0.39 is 5.76 Å². The van der Waals surface area contributed by atoms with Crippen molar-refractivity contribution in [1.82, 2.24) is 19.9 Å². The van der Waals surface area contributed by atoms with Crippen LogP contribution in [-0.4, -0.2) is 19.9 Å². The maximum Gasteiger partial charge on any atom is 0.438 e. The van der Waals surface area contributed by atoms with Gasteiger partial charge in [-0.2, -0.15) is 5.10 Å². The van der Waals surface area contributed by atoms with Crippen LogP contribution in [0.3, 0.4) is 0 Å². The van der Waals surface area contributed by atoms with Crippen LogP contribution in [0.15, 0.2) is 27.5 Å². The zero-order chi connectivity index (χ0) is 16.6. The van der Waals surface area contributed by atoms with E-state index in [1.54, 1.807) is 16.8 Å². The maximum atomic E-state index is 11.0. The number of aromatic nitrogens is 4. The van der Waals surface area contributed by atoms with Crippen LogP contribution >= 0.6 is 11.6 Å². The van der Waals surface area contributed by atoms with Gasteiger partial charge in [0.25, 0.3) is 0 Å². The third-order valence-corrected chi connectivity index (χ3v) is 3.83. The third kappa shape index (κ3) is 3.14. The first-order valence-electron chi connectivity index (χ1n) is 6.95. The first kappa shape index (κ1) is 15.4. The molecule has 0 bridgehead atoms. The van der Waals surface area contributed by atoms with Crippen molar-refractivity contribution in [3.8, 4) is 11.6 Å². The van der Waals surface area contributed by atoms with Gasteiger partial charge >= 0.3 is 5.76 Å². The van der Waals surface area contributed by atoms with Crippen LogP contribution in [0.25, 0.3) is 0 Å². The van der Waals surface area contributed by atoms with Crippen molar-refractivity contribution in [1.29, 1.82) is 0 Å². The molecule has 0 amide bonds. The number of aryl methyl sites for hydroxylation is 2. The summed E-state index contributed by atoms with van der Waals surface area (Å²) in [5, 5.41) is 8.45. The molecule has 0 aliphatic carbocycles. The van der Waals surface area contributed by atoms with Crippen molar-refractivity contribution in [3.63, 3.8) is 0 Å². The first-order chi connectivity index (χ1) is 10.9. The molecule has 0 radical (unpaired) electrons. The summed E-state index contributed by atoms with van der Waals surface area (Å²) in [6.07, 6.45) is 0.405. The first-order valence-corrected chi connectivity index (χ1v) is 7.33. The number of aromatic amines is 1. The van der Waals surface area contributed by atoms with Crippen molar-refractivity contribution in [2.24, 2.45) is 7.05 Å². The molecular weight excluding hydrogens is 320 g/mol. The molecule has 0 spiro atoms. The van der Waals surface area contributed by atoms with E-state index in [2.05, 4.69) is 19.8 Å². The summed E-state index contributed by atoms with van der Waals surface area (Å²) < 4.78 is 12.1. The average molecular weight is 335 g/mol. The summed E-state index contributed by atoms with van der Waals surface area (Å²) in [6, 6.07) is 5.38. The minimum atomic E-state index is -0.577. The lowest BCUT2D eigenvalue weighted by Gasteiger charge is -2.10. The van der Waals surface area contributed by atoms with Crippen molar-refractivity contribution < 1.29 is 9.26 Å². The number of benzene rings is 1. The summed E-state index contributed by atoms with van der Waals surface area (Å²) in [7, 11) is 1.81. The molecule has 3 rings (SSSR count). The van der Waals surface area contributed by atoms with Crippen molar-refractivity contribution in [2.75, 3.05) is 0 Å². The lowest BCUT2D eigenvalue weighted by atomic mass is 10.1. The lowest BCUT2D eigenvalue weighted by Crippen LogP contribution is -1.99. The predicted octanol–water partition coefficient (Wildman–Crippen LogP) is 2.75. The highest BCUT2D eigenvalue weighted by Crippen LogP contribution is 2.32. The fourth-order valence-corrected chi connectivity index (χ4v) is 2.41. The van der Waals surface area contributed by atoms with Crippen LogP contribution in [-0.2, 0) is 13.5 Å². The maximum absolute atomic E-state index is 11.0. The minimum Gasteiger partial charge on any atom is -0.437 e. The molecule has 0 saturated heterocycles. The SMILES string of the molecule is Cc1nn(C)c(Oc2cc(Cc3noc(=O)[nH]3)ccc2Cl)c1C. The molecule has 7 nitrogen and oxygen atoms in total. The molecule has 1 N–H and O–H groups in total. The second-order valence-corrected chi connectivity index (χ2v) is 5.63. The van der Waals surface area contributed by atoms with Gasteiger partial charge in [0, 0.05) is 19.0 Å². The van der Waals surface area contributed by atoms with E-state index in [0.717, 1.165) is 16.8 Å². The highest BCUT2D eigenvalue weighted by atomic mass is 35.5.